The van der Waals surface area contributed by atoms with Crippen molar-refractivity contribution in [2.75, 3.05) is 32.1 Å². The van der Waals surface area contributed by atoms with E-state index in [1.165, 1.54) is 12.8 Å². The van der Waals surface area contributed by atoms with Gasteiger partial charge in [0.2, 0.25) is 0 Å². The number of carbonyl (C=O) groups is 1. The lowest BCUT2D eigenvalue weighted by Crippen LogP contribution is -2.42. The molecule has 2 aromatic rings. The molecule has 1 aromatic carbocycles. The fourth-order valence-electron chi connectivity index (χ4n) is 4.73. The molecule has 1 amide bonds. The molecule has 0 radical (unpaired) electrons. The topological polar surface area (TPSA) is 53.4 Å². The van der Waals surface area contributed by atoms with E-state index in [0.29, 0.717) is 35.6 Å². The van der Waals surface area contributed by atoms with Crippen LogP contribution in [-0.4, -0.2) is 59.6 Å². The molecule has 1 saturated carbocycles. The van der Waals surface area contributed by atoms with Crippen LogP contribution < -0.4 is 10.2 Å². The maximum absolute atomic E-state index is 13.0. The first-order valence-electron chi connectivity index (χ1n) is 11.3. The van der Waals surface area contributed by atoms with E-state index in [0.717, 1.165) is 36.5 Å². The summed E-state index contributed by atoms with van der Waals surface area (Å²) in [4.78, 5) is 22.1. The maximum atomic E-state index is 13.0. The van der Waals surface area contributed by atoms with Crippen LogP contribution in [0.4, 0.5) is 5.69 Å². The van der Waals surface area contributed by atoms with Crippen molar-refractivity contribution in [3.05, 3.63) is 46.5 Å². The molecule has 1 aromatic heterocycles. The summed E-state index contributed by atoms with van der Waals surface area (Å²) in [5, 5.41) is 3.65. The Hall–Kier alpha value is -2.05. The van der Waals surface area contributed by atoms with Crippen molar-refractivity contribution in [2.45, 2.75) is 58.0 Å². The first kappa shape index (κ1) is 23.6. The number of anilines is 1. The molecule has 1 heterocycles. The van der Waals surface area contributed by atoms with Crippen molar-refractivity contribution < 1.29 is 4.79 Å². The molecule has 7 heteroatoms. The monoisotopic (exact) mass is 445 g/mol. The molecule has 0 bridgehead atoms. The van der Waals surface area contributed by atoms with Crippen LogP contribution in [0.5, 0.6) is 0 Å². The molecule has 170 valence electrons. The van der Waals surface area contributed by atoms with Crippen molar-refractivity contribution in [3.63, 3.8) is 0 Å². The van der Waals surface area contributed by atoms with Gasteiger partial charge in [0, 0.05) is 67.3 Å². The normalized spacial score (nSPS) is 18.9. The number of nitrogens with zero attached hydrogens (tertiary/aromatic N) is 4. The number of carbonyl (C=O) groups excluding carboxylic acids is 1. The van der Waals surface area contributed by atoms with Crippen molar-refractivity contribution >= 4 is 23.2 Å². The Balaban J connectivity index is 1.72. The number of hydrogen-bond donors (Lipinski definition) is 1. The quantitative estimate of drug-likeness (QED) is 0.665. The molecule has 0 saturated heterocycles. The average Bonchev–Trinajstić information content (AvgIpc) is 3.15. The van der Waals surface area contributed by atoms with Gasteiger partial charge in [-0.3, -0.25) is 4.79 Å². The first-order valence-corrected chi connectivity index (χ1v) is 11.7. The molecule has 0 unspecified atom stereocenters. The van der Waals surface area contributed by atoms with Gasteiger partial charge in [-0.15, -0.1) is 0 Å². The van der Waals surface area contributed by atoms with E-state index >= 15 is 0 Å². The Kier molecular flexibility index (Phi) is 8.00. The van der Waals surface area contributed by atoms with Crippen molar-refractivity contribution in [1.82, 2.24) is 19.8 Å². The minimum Gasteiger partial charge on any atom is -0.369 e. The second-order valence-electron chi connectivity index (χ2n) is 8.77. The third-order valence-electron chi connectivity index (χ3n) is 6.63. The summed E-state index contributed by atoms with van der Waals surface area (Å²) in [6, 6.07) is 4.95. The molecular weight excluding hydrogens is 410 g/mol. The zero-order chi connectivity index (χ0) is 22.5. The van der Waals surface area contributed by atoms with Crippen LogP contribution >= 0.6 is 11.6 Å². The number of aryl methyl sites for hydroxylation is 1. The van der Waals surface area contributed by atoms with E-state index in [1.54, 1.807) is 12.3 Å². The Morgan fingerprint density at radius 1 is 1.23 bits per heavy atom. The lowest BCUT2D eigenvalue weighted by molar-refractivity contribution is 0.0953. The third kappa shape index (κ3) is 5.60. The molecule has 6 nitrogen and oxygen atoms in total. The molecule has 0 atom stereocenters. The smallest absolute Gasteiger partial charge is 0.251 e. The maximum Gasteiger partial charge on any atom is 0.251 e. The van der Waals surface area contributed by atoms with Gasteiger partial charge in [-0.1, -0.05) is 11.6 Å². The molecule has 0 spiro atoms. The van der Waals surface area contributed by atoms with Crippen LogP contribution in [0, 0.1) is 6.92 Å². The lowest BCUT2D eigenvalue weighted by atomic mass is 9.89. The van der Waals surface area contributed by atoms with Crippen LogP contribution in [0.15, 0.2) is 24.5 Å². The van der Waals surface area contributed by atoms with Gasteiger partial charge in [0.1, 0.15) is 5.82 Å². The number of amides is 1. The van der Waals surface area contributed by atoms with E-state index in [4.69, 9.17) is 11.6 Å². The van der Waals surface area contributed by atoms with E-state index < -0.39 is 0 Å². The highest BCUT2D eigenvalue weighted by Gasteiger charge is 2.28. The number of imidazole rings is 1. The van der Waals surface area contributed by atoms with Gasteiger partial charge in [-0.2, -0.15) is 0 Å². The zero-order valence-electron chi connectivity index (χ0n) is 19.5. The van der Waals surface area contributed by atoms with Crippen LogP contribution in [0.2, 0.25) is 5.02 Å². The molecule has 1 fully saturated rings. The minimum atomic E-state index is -0.0807. The summed E-state index contributed by atoms with van der Waals surface area (Å²) in [6.45, 7) is 5.66. The van der Waals surface area contributed by atoms with Crippen LogP contribution in [-0.2, 0) is 13.5 Å². The van der Waals surface area contributed by atoms with Gasteiger partial charge < -0.3 is 19.7 Å². The molecular formula is C24H36ClN5O. The number of nitrogens with one attached hydrogen (secondary N) is 1. The molecule has 1 N–H and O–H groups in total. The van der Waals surface area contributed by atoms with Crippen LogP contribution in [0.1, 0.15) is 54.4 Å². The lowest BCUT2D eigenvalue weighted by Gasteiger charge is -2.40. The predicted molar refractivity (Wildman–Crippen MR) is 128 cm³/mol. The number of rotatable bonds is 8. The highest BCUT2D eigenvalue weighted by molar-refractivity contribution is 6.31. The van der Waals surface area contributed by atoms with E-state index in [9.17, 15) is 4.79 Å². The van der Waals surface area contributed by atoms with Crippen LogP contribution in [0.3, 0.4) is 0 Å². The van der Waals surface area contributed by atoms with Gasteiger partial charge in [0.15, 0.2) is 0 Å². The summed E-state index contributed by atoms with van der Waals surface area (Å²) in [7, 11) is 6.30. The van der Waals surface area contributed by atoms with Gasteiger partial charge in [0.25, 0.3) is 5.91 Å². The predicted octanol–water partition coefficient (Wildman–Crippen LogP) is 4.05. The second-order valence-corrected chi connectivity index (χ2v) is 9.21. The largest absolute Gasteiger partial charge is 0.369 e. The third-order valence-corrected chi connectivity index (χ3v) is 6.85. The highest BCUT2D eigenvalue weighted by Crippen LogP contribution is 2.34. The summed E-state index contributed by atoms with van der Waals surface area (Å²) < 4.78 is 1.97. The van der Waals surface area contributed by atoms with E-state index in [-0.39, 0.29) is 5.91 Å². The Labute approximate surface area is 191 Å². The van der Waals surface area contributed by atoms with E-state index in [1.807, 2.05) is 30.8 Å². The summed E-state index contributed by atoms with van der Waals surface area (Å²) >= 11 is 6.48. The Morgan fingerprint density at radius 3 is 2.48 bits per heavy atom. The van der Waals surface area contributed by atoms with E-state index in [2.05, 4.69) is 41.1 Å². The number of halogens is 1. The average molecular weight is 446 g/mol. The fourth-order valence-corrected chi connectivity index (χ4v) is 4.94. The van der Waals surface area contributed by atoms with Crippen molar-refractivity contribution in [2.24, 2.45) is 7.05 Å². The molecule has 0 aliphatic heterocycles. The Morgan fingerprint density at radius 2 is 1.90 bits per heavy atom. The fraction of sp³-hybridized carbons (Fsp3) is 0.583. The Bertz CT molecular complexity index is 886. The zero-order valence-corrected chi connectivity index (χ0v) is 20.2. The van der Waals surface area contributed by atoms with Gasteiger partial charge in [-0.05, 0) is 71.3 Å². The molecule has 1 aliphatic rings. The van der Waals surface area contributed by atoms with Gasteiger partial charge >= 0.3 is 0 Å². The van der Waals surface area contributed by atoms with Gasteiger partial charge in [0.05, 0.1) is 0 Å². The molecule has 1 aliphatic carbocycles. The first-order chi connectivity index (χ1) is 14.8. The highest BCUT2D eigenvalue weighted by atomic mass is 35.5. The summed E-state index contributed by atoms with van der Waals surface area (Å²) in [5.41, 5.74) is 2.73. The summed E-state index contributed by atoms with van der Waals surface area (Å²) in [5.74, 6) is 0.872. The molecule has 3 rings (SSSR count). The van der Waals surface area contributed by atoms with Crippen molar-refractivity contribution in [1.29, 1.82) is 0 Å². The van der Waals surface area contributed by atoms with Crippen LogP contribution in [0.25, 0.3) is 0 Å². The standard InChI is InChI=1S/C24H36ClN5O/c1-6-30(20-9-7-19(8-10-20)28(3)4)22-16-18(25)15-21(17(22)2)24(31)27-12-11-23-26-13-14-29(23)5/h13-16,19-20H,6-12H2,1-5H3,(H,27,31). The number of hydrogen-bond acceptors (Lipinski definition) is 4. The molecule has 31 heavy (non-hydrogen) atoms. The summed E-state index contributed by atoms with van der Waals surface area (Å²) in [6.07, 6.45) is 9.11. The van der Waals surface area contributed by atoms with Crippen molar-refractivity contribution in [3.8, 4) is 0 Å². The second kappa shape index (κ2) is 10.5. The van der Waals surface area contributed by atoms with Gasteiger partial charge in [-0.25, -0.2) is 4.98 Å². The number of aromatic nitrogens is 2. The number of benzene rings is 1. The minimum absolute atomic E-state index is 0.0807. The SMILES string of the molecule is CCN(c1cc(Cl)cc(C(=O)NCCc2nccn2C)c1C)C1CCC(N(C)C)CC1.